The summed E-state index contributed by atoms with van der Waals surface area (Å²) in [5, 5.41) is 2.16. The Labute approximate surface area is 200 Å². The van der Waals surface area contributed by atoms with E-state index in [4.69, 9.17) is 27.6 Å². The fourth-order valence-electron chi connectivity index (χ4n) is 4.77. The summed E-state index contributed by atoms with van der Waals surface area (Å²) >= 11 is 12.8. The van der Waals surface area contributed by atoms with E-state index in [1.807, 2.05) is 71.6 Å². The molecule has 5 aromatic rings. The summed E-state index contributed by atoms with van der Waals surface area (Å²) in [7, 11) is 0. The predicted molar refractivity (Wildman–Crippen MR) is 131 cm³/mol. The number of nitrogens with one attached hydrogen (secondary N) is 1. The van der Waals surface area contributed by atoms with E-state index in [-0.39, 0.29) is 11.9 Å². The summed E-state index contributed by atoms with van der Waals surface area (Å²) in [4.78, 5) is 19.0. The first-order valence-corrected chi connectivity index (χ1v) is 11.4. The Balaban J connectivity index is 1.63. The lowest BCUT2D eigenvalue weighted by Crippen LogP contribution is -2.28. The summed E-state index contributed by atoms with van der Waals surface area (Å²) in [5.74, 6) is 0.706. The lowest BCUT2D eigenvalue weighted by atomic mass is 9.93. The van der Waals surface area contributed by atoms with E-state index in [2.05, 4.69) is 11.1 Å². The average molecular weight is 473 g/mol. The first-order valence-electron chi connectivity index (χ1n) is 10.6. The maximum Gasteiger partial charge on any atom is 0.255 e. The normalized spacial score (nSPS) is 15.4. The molecule has 0 aliphatic carbocycles. The molecule has 0 bridgehead atoms. The number of carbonyl (C=O) groups is 1. The fraction of sp³-hybridized carbons (Fsp3) is 0.0741. The van der Waals surface area contributed by atoms with Gasteiger partial charge in [0.25, 0.3) is 5.91 Å². The molecule has 1 aliphatic heterocycles. The molecular weight excluding hydrogens is 455 g/mol. The van der Waals surface area contributed by atoms with Crippen LogP contribution < -0.4 is 0 Å². The molecule has 0 fully saturated rings. The number of hydrogen-bond acceptors (Lipinski definition) is 2. The van der Waals surface area contributed by atoms with Crippen molar-refractivity contribution in [2.45, 2.75) is 12.6 Å². The molecule has 162 valence electrons. The Morgan fingerprint density at radius 1 is 0.909 bits per heavy atom. The first kappa shape index (κ1) is 20.2. The van der Waals surface area contributed by atoms with Crippen molar-refractivity contribution < 1.29 is 9.21 Å². The van der Waals surface area contributed by atoms with Crippen LogP contribution in [0.5, 0.6) is 0 Å². The molecule has 3 heterocycles. The van der Waals surface area contributed by atoms with Gasteiger partial charge in [-0.2, -0.15) is 0 Å². The van der Waals surface area contributed by atoms with E-state index in [1.165, 1.54) is 0 Å². The second-order valence-electron chi connectivity index (χ2n) is 8.09. The maximum absolute atomic E-state index is 13.6. The third-order valence-corrected chi connectivity index (χ3v) is 6.73. The maximum atomic E-state index is 13.6. The number of para-hydroxylation sites is 1. The highest BCUT2D eigenvalue weighted by Crippen LogP contribution is 2.47. The van der Waals surface area contributed by atoms with E-state index in [0.717, 1.165) is 39.0 Å². The van der Waals surface area contributed by atoms with Crippen molar-refractivity contribution in [3.63, 3.8) is 0 Å². The Bertz CT molecular complexity index is 1500. The fourth-order valence-corrected chi connectivity index (χ4v) is 5.27. The van der Waals surface area contributed by atoms with Gasteiger partial charge >= 0.3 is 0 Å². The van der Waals surface area contributed by atoms with E-state index in [9.17, 15) is 4.79 Å². The molecule has 1 amide bonds. The Kier molecular flexibility index (Phi) is 4.79. The van der Waals surface area contributed by atoms with Crippen LogP contribution >= 0.6 is 23.2 Å². The van der Waals surface area contributed by atoms with Gasteiger partial charge in [0, 0.05) is 32.6 Å². The van der Waals surface area contributed by atoms with E-state index >= 15 is 0 Å². The van der Waals surface area contributed by atoms with Crippen molar-refractivity contribution in [2.75, 3.05) is 0 Å². The lowest BCUT2D eigenvalue weighted by Gasteiger charge is -2.26. The van der Waals surface area contributed by atoms with E-state index < -0.39 is 0 Å². The molecule has 33 heavy (non-hydrogen) atoms. The number of carbonyl (C=O) groups excluding carboxylic acids is 1. The van der Waals surface area contributed by atoms with Gasteiger partial charge in [0.1, 0.15) is 5.76 Å². The smallest absolute Gasteiger partial charge is 0.255 e. The minimum Gasteiger partial charge on any atom is -0.467 e. The first-order chi connectivity index (χ1) is 16.1. The van der Waals surface area contributed by atoms with Crippen molar-refractivity contribution in [3.8, 4) is 11.3 Å². The molecule has 1 N–H and O–H groups in total. The zero-order valence-electron chi connectivity index (χ0n) is 17.4. The number of nitrogens with zero attached hydrogens (tertiary/aromatic N) is 1. The summed E-state index contributed by atoms with van der Waals surface area (Å²) in [6, 6.07) is 24.8. The monoisotopic (exact) mass is 472 g/mol. The molecule has 3 aromatic carbocycles. The van der Waals surface area contributed by atoms with Gasteiger partial charge in [0.15, 0.2) is 0 Å². The number of hydrogen-bond donors (Lipinski definition) is 1. The molecule has 4 nitrogen and oxygen atoms in total. The molecule has 6 heteroatoms. The second kappa shape index (κ2) is 7.84. The summed E-state index contributed by atoms with van der Waals surface area (Å²) in [6.45, 7) is 0.360. The van der Waals surface area contributed by atoms with Crippen LogP contribution in [0.25, 0.3) is 22.2 Å². The van der Waals surface area contributed by atoms with Crippen LogP contribution in [0.2, 0.25) is 10.0 Å². The number of fused-ring (bicyclic) bond motifs is 2. The van der Waals surface area contributed by atoms with Crippen molar-refractivity contribution in [2.24, 2.45) is 0 Å². The predicted octanol–water partition coefficient (Wildman–Crippen LogP) is 7.48. The summed E-state index contributed by atoms with van der Waals surface area (Å²) in [5.41, 5.74) is 5.35. The number of halogens is 2. The highest BCUT2D eigenvalue weighted by molar-refractivity contribution is 6.36. The van der Waals surface area contributed by atoms with Gasteiger partial charge in [-0.15, -0.1) is 0 Å². The second-order valence-corrected chi connectivity index (χ2v) is 8.93. The molecule has 2 aromatic heterocycles. The zero-order chi connectivity index (χ0) is 22.5. The van der Waals surface area contributed by atoms with Crippen LogP contribution in [-0.4, -0.2) is 15.8 Å². The highest BCUT2D eigenvalue weighted by Gasteiger charge is 2.40. The van der Waals surface area contributed by atoms with Gasteiger partial charge in [-0.1, -0.05) is 59.6 Å². The average Bonchev–Trinajstić information content (AvgIpc) is 3.52. The molecule has 0 saturated heterocycles. The van der Waals surface area contributed by atoms with Crippen LogP contribution in [0.1, 0.15) is 33.3 Å². The number of furan rings is 1. The van der Waals surface area contributed by atoms with Crippen molar-refractivity contribution in [3.05, 3.63) is 118 Å². The van der Waals surface area contributed by atoms with Gasteiger partial charge < -0.3 is 14.3 Å². The third-order valence-electron chi connectivity index (χ3n) is 6.18. The number of rotatable bonds is 4. The Morgan fingerprint density at radius 2 is 1.73 bits per heavy atom. The van der Waals surface area contributed by atoms with E-state index in [0.29, 0.717) is 22.2 Å². The number of amides is 1. The van der Waals surface area contributed by atoms with Crippen molar-refractivity contribution in [1.29, 1.82) is 0 Å². The minimum absolute atomic E-state index is 0.0227. The topological polar surface area (TPSA) is 49.2 Å². The van der Waals surface area contributed by atoms with Gasteiger partial charge in [0.05, 0.1) is 29.6 Å². The van der Waals surface area contributed by atoms with Gasteiger partial charge in [-0.25, -0.2) is 0 Å². The lowest BCUT2D eigenvalue weighted by molar-refractivity contribution is 0.0724. The quantitative estimate of drug-likeness (QED) is 0.294. The van der Waals surface area contributed by atoms with Crippen LogP contribution in [-0.2, 0) is 6.54 Å². The molecule has 0 saturated carbocycles. The SMILES string of the molecule is O=C1c2ccccc2[C@H](c2c(-c3ccc(Cl)cc3Cl)[nH]c3ccccc23)N1Cc1ccco1. The zero-order valence-corrected chi connectivity index (χ0v) is 18.9. The minimum atomic E-state index is -0.309. The number of aromatic amines is 1. The van der Waals surface area contributed by atoms with Crippen LogP contribution in [0.15, 0.2) is 89.5 Å². The molecular formula is C27H18Cl2N2O2. The van der Waals surface area contributed by atoms with E-state index in [1.54, 1.807) is 12.3 Å². The molecule has 6 rings (SSSR count). The summed E-state index contributed by atoms with van der Waals surface area (Å²) < 4.78 is 5.61. The van der Waals surface area contributed by atoms with Crippen LogP contribution in [0.3, 0.4) is 0 Å². The third kappa shape index (κ3) is 3.26. The van der Waals surface area contributed by atoms with Gasteiger partial charge in [0.2, 0.25) is 0 Å². The molecule has 0 radical (unpaired) electrons. The molecule has 0 spiro atoms. The summed E-state index contributed by atoms with van der Waals surface area (Å²) in [6.07, 6.45) is 1.63. The number of aromatic nitrogens is 1. The van der Waals surface area contributed by atoms with Crippen molar-refractivity contribution in [1.82, 2.24) is 9.88 Å². The Hall–Kier alpha value is -3.47. The molecule has 0 unspecified atom stereocenters. The van der Waals surface area contributed by atoms with Crippen LogP contribution in [0, 0.1) is 0 Å². The molecule has 1 aliphatic rings. The van der Waals surface area contributed by atoms with Crippen LogP contribution in [0.4, 0.5) is 0 Å². The van der Waals surface area contributed by atoms with Gasteiger partial charge in [-0.05, 0) is 48.0 Å². The van der Waals surface area contributed by atoms with Crippen molar-refractivity contribution >= 4 is 40.0 Å². The van der Waals surface area contributed by atoms with Gasteiger partial charge in [-0.3, -0.25) is 4.79 Å². The number of H-pyrrole nitrogens is 1. The standard InChI is InChI=1S/C27H18Cl2N2O2/c28-16-11-12-20(22(29)14-16)25-24(21-9-3-4-10-23(21)30-25)26-18-7-1-2-8-19(18)27(32)31(26)15-17-6-5-13-33-17/h1-14,26,30H,15H2/t26-/m1/s1. The Morgan fingerprint density at radius 3 is 2.55 bits per heavy atom. The largest absolute Gasteiger partial charge is 0.467 e. The highest BCUT2D eigenvalue weighted by atomic mass is 35.5. The molecule has 1 atom stereocenters. The number of benzene rings is 3.